The van der Waals surface area contributed by atoms with E-state index in [1.807, 2.05) is 0 Å². The Bertz CT molecular complexity index is 327. The number of carbonyl (C=O) groups is 1. The molecule has 0 unspecified atom stereocenters. The predicted octanol–water partition coefficient (Wildman–Crippen LogP) is 1.18. The second kappa shape index (κ2) is 6.92. The minimum absolute atomic E-state index is 0.111. The highest BCUT2D eigenvalue weighted by Crippen LogP contribution is 2.01. The highest BCUT2D eigenvalue weighted by atomic mass is 19.1. The number of ether oxygens (including phenoxy) is 2. The summed E-state index contributed by atoms with van der Waals surface area (Å²) in [7, 11) is 1.57. The molecule has 0 spiro atoms. The lowest BCUT2D eigenvalue weighted by Gasteiger charge is -2.06. The number of halogens is 1. The van der Waals surface area contributed by atoms with Crippen LogP contribution in [0.3, 0.4) is 0 Å². The number of rotatable bonds is 6. The van der Waals surface area contributed by atoms with Crippen LogP contribution in [-0.2, 0) is 9.47 Å². The lowest BCUT2D eigenvalue weighted by molar-refractivity contribution is 0.0549. The summed E-state index contributed by atoms with van der Waals surface area (Å²) in [6.07, 6.45) is 0. The minimum atomic E-state index is -0.368. The van der Waals surface area contributed by atoms with Crippen LogP contribution in [-0.4, -0.2) is 33.0 Å². The molecule has 0 bridgehead atoms. The number of benzene rings is 1. The van der Waals surface area contributed by atoms with Crippen LogP contribution in [0, 0.1) is 5.82 Å². The molecule has 4 nitrogen and oxygen atoms in total. The van der Waals surface area contributed by atoms with Gasteiger partial charge in [-0.05, 0) is 24.3 Å². The standard InChI is InChI=1S/C11H14FNO3/c1-15-6-7-16-8-13-11(14)9-2-4-10(12)5-3-9/h2-5H,6-8H2,1H3,(H,13,14). The summed E-state index contributed by atoms with van der Waals surface area (Å²) in [4.78, 5) is 11.4. The number of hydrogen-bond donors (Lipinski definition) is 1. The van der Waals surface area contributed by atoms with Crippen molar-refractivity contribution in [3.8, 4) is 0 Å². The van der Waals surface area contributed by atoms with Crippen molar-refractivity contribution in [2.24, 2.45) is 0 Å². The van der Waals surface area contributed by atoms with E-state index in [-0.39, 0.29) is 18.5 Å². The Morgan fingerprint density at radius 2 is 2.00 bits per heavy atom. The van der Waals surface area contributed by atoms with E-state index in [9.17, 15) is 9.18 Å². The maximum absolute atomic E-state index is 12.6. The van der Waals surface area contributed by atoms with E-state index in [2.05, 4.69) is 5.32 Å². The molecular formula is C11H14FNO3. The molecule has 0 aliphatic heterocycles. The Morgan fingerprint density at radius 1 is 1.31 bits per heavy atom. The molecule has 1 aromatic rings. The van der Waals surface area contributed by atoms with E-state index in [4.69, 9.17) is 9.47 Å². The molecule has 0 aliphatic rings. The summed E-state index contributed by atoms with van der Waals surface area (Å²) < 4.78 is 22.4. The summed E-state index contributed by atoms with van der Waals surface area (Å²) >= 11 is 0. The molecule has 1 amide bonds. The fourth-order valence-corrected chi connectivity index (χ4v) is 1.03. The zero-order valence-corrected chi connectivity index (χ0v) is 9.03. The summed E-state index contributed by atoms with van der Waals surface area (Å²) in [6.45, 7) is 1.01. The van der Waals surface area contributed by atoms with Gasteiger partial charge in [-0.1, -0.05) is 0 Å². The van der Waals surface area contributed by atoms with Gasteiger partial charge in [0.05, 0.1) is 13.2 Å². The molecule has 5 heteroatoms. The Hall–Kier alpha value is -1.46. The number of nitrogens with one attached hydrogen (secondary N) is 1. The van der Waals surface area contributed by atoms with Crippen molar-refractivity contribution in [2.75, 3.05) is 27.1 Å². The zero-order valence-electron chi connectivity index (χ0n) is 9.03. The summed E-state index contributed by atoms with van der Waals surface area (Å²) in [5.74, 6) is -0.662. The van der Waals surface area contributed by atoms with Crippen LogP contribution in [0.15, 0.2) is 24.3 Å². The lowest BCUT2D eigenvalue weighted by Crippen LogP contribution is -2.26. The number of hydrogen-bond acceptors (Lipinski definition) is 3. The van der Waals surface area contributed by atoms with Crippen molar-refractivity contribution in [3.63, 3.8) is 0 Å². The second-order valence-electron chi connectivity index (χ2n) is 3.06. The Morgan fingerprint density at radius 3 is 2.62 bits per heavy atom. The molecule has 0 atom stereocenters. The SMILES string of the molecule is COCCOCNC(=O)c1ccc(F)cc1. The molecule has 0 saturated heterocycles. The molecule has 0 heterocycles. The van der Waals surface area contributed by atoms with Crippen molar-refractivity contribution in [1.29, 1.82) is 0 Å². The van der Waals surface area contributed by atoms with Crippen LogP contribution in [0.5, 0.6) is 0 Å². The van der Waals surface area contributed by atoms with Crippen LogP contribution >= 0.6 is 0 Å². The molecule has 16 heavy (non-hydrogen) atoms. The predicted molar refractivity (Wildman–Crippen MR) is 56.6 cm³/mol. The van der Waals surface area contributed by atoms with Gasteiger partial charge in [-0.15, -0.1) is 0 Å². The van der Waals surface area contributed by atoms with Gasteiger partial charge in [0.2, 0.25) is 0 Å². The Balaban J connectivity index is 2.27. The van der Waals surface area contributed by atoms with Gasteiger partial charge in [0, 0.05) is 12.7 Å². The van der Waals surface area contributed by atoms with E-state index in [1.165, 1.54) is 24.3 Å². The Kier molecular flexibility index (Phi) is 5.45. The maximum Gasteiger partial charge on any atom is 0.253 e. The topological polar surface area (TPSA) is 47.6 Å². The molecule has 1 aromatic carbocycles. The van der Waals surface area contributed by atoms with Crippen molar-refractivity contribution in [1.82, 2.24) is 5.32 Å². The average molecular weight is 227 g/mol. The van der Waals surface area contributed by atoms with Crippen LogP contribution in [0.25, 0.3) is 0 Å². The average Bonchev–Trinajstić information content (AvgIpc) is 2.29. The first-order valence-corrected chi connectivity index (χ1v) is 4.84. The normalized spacial score (nSPS) is 10.1. The van der Waals surface area contributed by atoms with Gasteiger partial charge in [0.1, 0.15) is 12.5 Å². The third-order valence-electron chi connectivity index (χ3n) is 1.87. The van der Waals surface area contributed by atoms with Crippen molar-refractivity contribution in [2.45, 2.75) is 0 Å². The fraction of sp³-hybridized carbons (Fsp3) is 0.364. The molecule has 0 radical (unpaired) electrons. The van der Waals surface area contributed by atoms with Gasteiger partial charge in [0.15, 0.2) is 0 Å². The highest BCUT2D eigenvalue weighted by Gasteiger charge is 2.03. The third kappa shape index (κ3) is 4.37. The monoisotopic (exact) mass is 227 g/mol. The van der Waals surface area contributed by atoms with Gasteiger partial charge in [0.25, 0.3) is 5.91 Å². The van der Waals surface area contributed by atoms with E-state index in [0.717, 1.165) is 0 Å². The molecule has 0 aliphatic carbocycles. The molecule has 1 rings (SSSR count). The van der Waals surface area contributed by atoms with Crippen LogP contribution in [0.2, 0.25) is 0 Å². The number of amides is 1. The maximum atomic E-state index is 12.6. The largest absolute Gasteiger partial charge is 0.382 e. The molecule has 1 N–H and O–H groups in total. The van der Waals surface area contributed by atoms with E-state index >= 15 is 0 Å². The van der Waals surface area contributed by atoms with Gasteiger partial charge in [-0.25, -0.2) is 4.39 Å². The first-order valence-electron chi connectivity index (χ1n) is 4.84. The highest BCUT2D eigenvalue weighted by molar-refractivity contribution is 5.93. The van der Waals surface area contributed by atoms with E-state index in [1.54, 1.807) is 7.11 Å². The van der Waals surface area contributed by atoms with Crippen LogP contribution in [0.4, 0.5) is 4.39 Å². The molecule has 0 saturated carbocycles. The van der Waals surface area contributed by atoms with Crippen molar-refractivity contribution >= 4 is 5.91 Å². The summed E-state index contributed by atoms with van der Waals surface area (Å²) in [5, 5.41) is 2.54. The minimum Gasteiger partial charge on any atom is -0.382 e. The van der Waals surface area contributed by atoms with E-state index in [0.29, 0.717) is 18.8 Å². The molecule has 88 valence electrons. The van der Waals surface area contributed by atoms with Crippen molar-refractivity contribution in [3.05, 3.63) is 35.6 Å². The number of carbonyl (C=O) groups excluding carboxylic acids is 1. The third-order valence-corrected chi connectivity index (χ3v) is 1.87. The first-order chi connectivity index (χ1) is 7.74. The zero-order chi connectivity index (χ0) is 11.8. The summed E-state index contributed by atoms with van der Waals surface area (Å²) in [5.41, 5.74) is 0.400. The Labute approximate surface area is 93.4 Å². The first kappa shape index (κ1) is 12.6. The van der Waals surface area contributed by atoms with Crippen molar-refractivity contribution < 1.29 is 18.7 Å². The summed E-state index contributed by atoms with van der Waals surface area (Å²) in [6, 6.07) is 5.31. The quantitative estimate of drug-likeness (QED) is 0.586. The van der Waals surface area contributed by atoms with Gasteiger partial charge < -0.3 is 14.8 Å². The smallest absolute Gasteiger partial charge is 0.253 e. The van der Waals surface area contributed by atoms with Gasteiger partial charge in [-0.3, -0.25) is 4.79 Å². The van der Waals surface area contributed by atoms with E-state index < -0.39 is 0 Å². The molecule has 0 aromatic heterocycles. The molecular weight excluding hydrogens is 213 g/mol. The second-order valence-corrected chi connectivity index (χ2v) is 3.06. The number of methoxy groups -OCH3 is 1. The van der Waals surface area contributed by atoms with Gasteiger partial charge in [-0.2, -0.15) is 0 Å². The van der Waals surface area contributed by atoms with Crippen LogP contribution < -0.4 is 5.32 Å². The lowest BCUT2D eigenvalue weighted by atomic mass is 10.2. The fourth-order valence-electron chi connectivity index (χ4n) is 1.03. The van der Waals surface area contributed by atoms with Crippen LogP contribution in [0.1, 0.15) is 10.4 Å². The molecule has 0 fully saturated rings. The van der Waals surface area contributed by atoms with Gasteiger partial charge >= 0.3 is 0 Å².